The molecule has 362 valence electrons. The van der Waals surface area contributed by atoms with Gasteiger partial charge in [-0.1, -0.05) is 49.3 Å². The Kier molecular flexibility index (Phi) is 19.8. The van der Waals surface area contributed by atoms with Gasteiger partial charge < -0.3 is 42.2 Å². The first-order valence-corrected chi connectivity index (χ1v) is 24.1. The standard InChI is InChI=1S/C36H45F5IN6O14PS2/c1-18(49)59-28-20(61-33(30(28)60-19(2)50)48-17-46-27-31(47-42)44-16-45-32(27)48)11-57-63(53,54)58-15-36(5,6)14-55-13-35(3,4)12-43-21(51)7-9-64-65-10-8-56-34(52)62-29-25(40)23(38)22(37)24(39)26(29)41/h16-17,20,28,30,33H,7-15H2,1-6H3,(H,43,51)(H,53,54)(H,44,45,47)/t20-,28-,30-,33-/m1/s1. The van der Waals surface area contributed by atoms with E-state index < -0.39 is 103 Å². The molecule has 1 aromatic carbocycles. The Hall–Kier alpha value is -3.64. The van der Waals surface area contributed by atoms with Crippen molar-refractivity contribution in [2.45, 2.75) is 72.5 Å². The summed E-state index contributed by atoms with van der Waals surface area (Å²) in [6.07, 6.45) is -3.85. The zero-order valence-corrected chi connectivity index (χ0v) is 40.1. The molecule has 5 atom stereocenters. The van der Waals surface area contributed by atoms with Crippen molar-refractivity contribution in [1.82, 2.24) is 24.8 Å². The highest BCUT2D eigenvalue weighted by Gasteiger charge is 2.51. The van der Waals surface area contributed by atoms with Crippen LogP contribution < -0.4 is 13.6 Å². The number of esters is 2. The van der Waals surface area contributed by atoms with Crippen LogP contribution in [0.25, 0.3) is 11.2 Å². The quantitative estimate of drug-likeness (QED) is 0.00756. The van der Waals surface area contributed by atoms with Gasteiger partial charge in [-0.15, -0.1) is 0 Å². The summed E-state index contributed by atoms with van der Waals surface area (Å²) in [6, 6.07) is 0. The number of hydrogen-bond donors (Lipinski definition) is 3. The maximum Gasteiger partial charge on any atom is 0.514 e. The van der Waals surface area contributed by atoms with Crippen molar-refractivity contribution in [3.05, 3.63) is 41.7 Å². The number of nitrogens with zero attached hydrogens (tertiary/aromatic N) is 4. The number of aromatic nitrogens is 4. The lowest BCUT2D eigenvalue weighted by Gasteiger charge is -2.29. The van der Waals surface area contributed by atoms with Crippen LogP contribution in [0, 0.1) is 39.9 Å². The van der Waals surface area contributed by atoms with E-state index in [9.17, 15) is 50.6 Å². The lowest BCUT2D eigenvalue weighted by Crippen LogP contribution is -2.40. The first kappa shape index (κ1) is 54.0. The molecule has 1 amide bonds. The fourth-order valence-electron chi connectivity index (χ4n) is 5.61. The molecule has 0 aliphatic carbocycles. The second-order valence-corrected chi connectivity index (χ2v) is 20.2. The lowest BCUT2D eigenvalue weighted by molar-refractivity contribution is -0.165. The Morgan fingerprint density at radius 1 is 0.877 bits per heavy atom. The van der Waals surface area contributed by atoms with E-state index in [4.69, 9.17) is 28.0 Å². The topological polar surface area (TPSA) is 247 Å². The van der Waals surface area contributed by atoms with Gasteiger partial charge in [0.05, 0.1) is 55.6 Å². The molecule has 0 bridgehead atoms. The first-order chi connectivity index (χ1) is 30.5. The molecular weight excluding hydrogens is 1060 g/mol. The van der Waals surface area contributed by atoms with Gasteiger partial charge in [0.2, 0.25) is 40.7 Å². The molecule has 1 unspecified atom stereocenters. The predicted molar refractivity (Wildman–Crippen MR) is 229 cm³/mol. The molecule has 3 heterocycles. The number of amides is 1. The number of anilines is 1. The number of fused-ring (bicyclic) bond motifs is 1. The normalized spacial score (nSPS) is 18.5. The average Bonchev–Trinajstić information content (AvgIpc) is 3.81. The Morgan fingerprint density at radius 2 is 1.49 bits per heavy atom. The zero-order valence-electron chi connectivity index (χ0n) is 35.4. The molecule has 1 aliphatic rings. The molecule has 1 aliphatic heterocycles. The summed E-state index contributed by atoms with van der Waals surface area (Å²) in [5.74, 6) is -14.3. The van der Waals surface area contributed by atoms with Crippen molar-refractivity contribution >= 4 is 93.3 Å². The number of phosphoric ester groups is 1. The third-order valence-electron chi connectivity index (χ3n) is 8.62. The first-order valence-electron chi connectivity index (χ1n) is 19.1. The molecular formula is C36H45F5IN6O14PS2. The minimum atomic E-state index is -4.77. The van der Waals surface area contributed by atoms with Crippen LogP contribution in [0.3, 0.4) is 0 Å². The van der Waals surface area contributed by atoms with E-state index in [1.807, 2.05) is 36.7 Å². The van der Waals surface area contributed by atoms with E-state index in [-0.39, 0.29) is 56.7 Å². The smallest absolute Gasteiger partial charge is 0.456 e. The summed E-state index contributed by atoms with van der Waals surface area (Å²) in [6.45, 7) is 8.64. The highest BCUT2D eigenvalue weighted by Crippen LogP contribution is 2.46. The van der Waals surface area contributed by atoms with E-state index in [0.29, 0.717) is 17.1 Å². The van der Waals surface area contributed by atoms with Crippen LogP contribution in [0.4, 0.5) is 32.6 Å². The van der Waals surface area contributed by atoms with Crippen molar-refractivity contribution in [2.75, 3.05) is 54.6 Å². The SMILES string of the molecule is CC(=O)O[C@@H]1[C@H](OC(C)=O)[C@@H](COP(=O)(O)OCC(C)(C)COCC(C)(C)CNC(=O)CCSSCCOC(=O)Oc2c(F)c(F)c(F)c(F)c2F)O[C@H]1n1cnc2c(NI)ncnc21. The summed E-state index contributed by atoms with van der Waals surface area (Å²) in [5.41, 5.74) is -0.716. The summed E-state index contributed by atoms with van der Waals surface area (Å²) in [5, 5.41) is 2.81. The number of ether oxygens (including phenoxy) is 6. The van der Waals surface area contributed by atoms with Gasteiger partial charge in [-0.2, -0.15) is 8.78 Å². The van der Waals surface area contributed by atoms with Crippen molar-refractivity contribution in [2.24, 2.45) is 10.8 Å². The molecule has 0 saturated carbocycles. The van der Waals surface area contributed by atoms with Gasteiger partial charge in [-0.3, -0.25) is 28.0 Å². The lowest BCUT2D eigenvalue weighted by atomic mass is 9.93. The van der Waals surface area contributed by atoms with E-state index in [0.717, 1.165) is 13.8 Å². The van der Waals surface area contributed by atoms with Crippen molar-refractivity contribution in [1.29, 1.82) is 0 Å². The molecule has 0 radical (unpaired) electrons. The number of imidazole rings is 1. The van der Waals surface area contributed by atoms with Gasteiger partial charge in [0.1, 0.15) is 19.0 Å². The average molecular weight is 1100 g/mol. The molecule has 65 heavy (non-hydrogen) atoms. The van der Waals surface area contributed by atoms with Crippen LogP contribution in [0.2, 0.25) is 0 Å². The van der Waals surface area contributed by atoms with Crippen molar-refractivity contribution in [3.63, 3.8) is 0 Å². The Balaban J connectivity index is 1.15. The van der Waals surface area contributed by atoms with Crippen LogP contribution in [0.5, 0.6) is 5.75 Å². The van der Waals surface area contributed by atoms with Gasteiger partial charge in [-0.05, 0) is 0 Å². The summed E-state index contributed by atoms with van der Waals surface area (Å²) >= 11 is 1.87. The molecule has 1 fully saturated rings. The maximum absolute atomic E-state index is 13.7. The molecule has 3 aromatic rings. The Labute approximate surface area is 389 Å². The number of halogens is 6. The van der Waals surface area contributed by atoms with Crippen LogP contribution in [0.1, 0.15) is 54.2 Å². The Morgan fingerprint density at radius 3 is 2.14 bits per heavy atom. The van der Waals surface area contributed by atoms with Gasteiger partial charge >= 0.3 is 25.9 Å². The van der Waals surface area contributed by atoms with Gasteiger partial charge in [0, 0.05) is 49.1 Å². The van der Waals surface area contributed by atoms with Gasteiger partial charge in [-0.25, -0.2) is 37.5 Å². The fraction of sp³-hybridized carbons (Fsp3) is 0.583. The predicted octanol–water partition coefficient (Wildman–Crippen LogP) is 6.35. The number of hydrogen-bond acceptors (Lipinski definition) is 19. The number of nitrogens with one attached hydrogen (secondary N) is 2. The second kappa shape index (κ2) is 23.9. The minimum Gasteiger partial charge on any atom is -0.456 e. The van der Waals surface area contributed by atoms with E-state index in [1.165, 1.54) is 38.8 Å². The number of benzene rings is 1. The van der Waals surface area contributed by atoms with Crippen LogP contribution in [-0.2, 0) is 51.7 Å². The third kappa shape index (κ3) is 15.7. The van der Waals surface area contributed by atoms with Crippen LogP contribution in [-0.4, -0.2) is 118 Å². The molecule has 0 spiro atoms. The minimum absolute atomic E-state index is 0.0695. The number of carbonyl (C=O) groups excluding carboxylic acids is 4. The van der Waals surface area contributed by atoms with Crippen LogP contribution in [0.15, 0.2) is 12.7 Å². The molecule has 20 nitrogen and oxygen atoms in total. The number of carbonyl (C=O) groups is 4. The summed E-state index contributed by atoms with van der Waals surface area (Å²) in [7, 11) is -2.34. The van der Waals surface area contributed by atoms with Crippen molar-refractivity contribution in [3.8, 4) is 5.75 Å². The van der Waals surface area contributed by atoms with Crippen LogP contribution >= 0.6 is 52.3 Å². The summed E-state index contributed by atoms with van der Waals surface area (Å²) in [4.78, 5) is 71.7. The second-order valence-electron chi connectivity index (χ2n) is 15.5. The van der Waals surface area contributed by atoms with Gasteiger partial charge in [0.25, 0.3) is 0 Å². The number of rotatable bonds is 24. The molecule has 1 saturated heterocycles. The third-order valence-corrected chi connectivity index (χ3v) is 12.4. The highest BCUT2D eigenvalue weighted by molar-refractivity contribution is 14.1. The Bertz CT molecular complexity index is 2210. The monoisotopic (exact) mass is 1100 g/mol. The molecule has 29 heteroatoms. The van der Waals surface area contributed by atoms with E-state index >= 15 is 0 Å². The fourth-order valence-corrected chi connectivity index (χ4v) is 8.74. The molecule has 4 rings (SSSR count). The maximum atomic E-state index is 13.7. The van der Waals surface area contributed by atoms with E-state index in [1.54, 1.807) is 13.8 Å². The molecule has 3 N–H and O–H groups in total. The largest absolute Gasteiger partial charge is 0.514 e. The number of phosphoric acid groups is 1. The molecule has 2 aromatic heterocycles. The van der Waals surface area contributed by atoms with Crippen molar-refractivity contribution < 1.29 is 88.1 Å². The van der Waals surface area contributed by atoms with Gasteiger partial charge in [0.15, 0.2) is 35.4 Å². The summed E-state index contributed by atoms with van der Waals surface area (Å²) < 4.78 is 127. The van der Waals surface area contributed by atoms with E-state index in [2.05, 4.69) is 33.3 Å². The highest BCUT2D eigenvalue weighted by atomic mass is 127. The zero-order chi connectivity index (χ0) is 48.3.